The average Bonchev–Trinajstić information content (AvgIpc) is 3.19. The maximum absolute atomic E-state index is 13.0. The minimum atomic E-state index is -0.418. The molecule has 2 aromatic heterocycles. The Labute approximate surface area is 201 Å². The second-order valence-electron chi connectivity index (χ2n) is 8.67. The molecule has 1 fully saturated rings. The van der Waals surface area contributed by atoms with Gasteiger partial charge in [-0.25, -0.2) is 4.98 Å². The number of thioether (sulfide) groups is 1. The van der Waals surface area contributed by atoms with E-state index in [0.29, 0.717) is 23.6 Å². The highest BCUT2D eigenvalue weighted by Crippen LogP contribution is 2.40. The van der Waals surface area contributed by atoms with Crippen molar-refractivity contribution >= 4 is 44.9 Å². The van der Waals surface area contributed by atoms with Crippen molar-refractivity contribution in [3.63, 3.8) is 0 Å². The van der Waals surface area contributed by atoms with E-state index in [1.807, 2.05) is 36.0 Å². The number of fused-ring (bicyclic) bond motifs is 2. The van der Waals surface area contributed by atoms with Crippen LogP contribution in [0, 0.1) is 11.3 Å². The van der Waals surface area contributed by atoms with Crippen molar-refractivity contribution in [2.45, 2.75) is 44.1 Å². The Morgan fingerprint density at radius 2 is 2.15 bits per heavy atom. The number of anilines is 1. The number of nitriles is 1. The molecule has 170 valence electrons. The van der Waals surface area contributed by atoms with Crippen LogP contribution in [0.25, 0.3) is 10.2 Å². The summed E-state index contributed by atoms with van der Waals surface area (Å²) in [7, 11) is 0. The SMILES string of the molecule is CCc1ccc2c(N)c(C(=O)NC3COc4cc(C5(C#N)CCSCC5)ccc4C3)sc2n1. The Kier molecular flexibility index (Phi) is 5.94. The number of amides is 1. The molecule has 0 saturated carbocycles. The fraction of sp³-hybridized carbons (Fsp3) is 0.400. The molecule has 0 radical (unpaired) electrons. The first-order valence-corrected chi connectivity index (χ1v) is 13.2. The standard InChI is InChI=1S/C25H26N4O2S2/c1-2-17-5-6-19-21(27)22(33-24(19)29-17)23(30)28-18-11-15-3-4-16(12-20(15)31-13-18)25(14-26)7-9-32-10-8-25/h3-6,12,18H,2,7-11,13,27H2,1H3,(H,28,30). The first-order chi connectivity index (χ1) is 16.0. The van der Waals surface area contributed by atoms with Crippen LogP contribution in [0.2, 0.25) is 0 Å². The smallest absolute Gasteiger partial charge is 0.263 e. The third-order valence-corrected chi connectivity index (χ3v) is 8.74. The van der Waals surface area contributed by atoms with Gasteiger partial charge in [0, 0.05) is 11.1 Å². The van der Waals surface area contributed by atoms with Crippen LogP contribution in [-0.2, 0) is 18.3 Å². The van der Waals surface area contributed by atoms with Gasteiger partial charge >= 0.3 is 0 Å². The van der Waals surface area contributed by atoms with Crippen LogP contribution < -0.4 is 15.8 Å². The van der Waals surface area contributed by atoms with Gasteiger partial charge in [0.05, 0.1) is 23.2 Å². The van der Waals surface area contributed by atoms with Gasteiger partial charge in [0.15, 0.2) is 0 Å². The van der Waals surface area contributed by atoms with E-state index in [1.54, 1.807) is 0 Å². The average molecular weight is 479 g/mol. The molecule has 3 N–H and O–H groups in total. The number of aromatic nitrogens is 1. The number of nitrogens with two attached hydrogens (primary N) is 1. The Balaban J connectivity index is 1.32. The minimum Gasteiger partial charge on any atom is -0.491 e. The van der Waals surface area contributed by atoms with Gasteiger partial charge in [-0.1, -0.05) is 19.1 Å². The number of carbonyl (C=O) groups is 1. The zero-order valence-corrected chi connectivity index (χ0v) is 20.2. The summed E-state index contributed by atoms with van der Waals surface area (Å²) in [6.07, 6.45) is 3.26. The number of hydrogen-bond donors (Lipinski definition) is 2. The number of aryl methyl sites for hydroxylation is 1. The monoisotopic (exact) mass is 478 g/mol. The molecule has 2 aliphatic heterocycles. The lowest BCUT2D eigenvalue weighted by molar-refractivity contribution is 0.0920. The highest BCUT2D eigenvalue weighted by Gasteiger charge is 2.35. The molecule has 1 atom stereocenters. The lowest BCUT2D eigenvalue weighted by atomic mass is 9.76. The molecule has 0 bridgehead atoms. The summed E-state index contributed by atoms with van der Waals surface area (Å²) in [5.41, 5.74) is 9.42. The van der Waals surface area contributed by atoms with Crippen molar-refractivity contribution in [2.75, 3.05) is 23.8 Å². The number of carbonyl (C=O) groups excluding carboxylic acids is 1. The normalized spacial score (nSPS) is 19.3. The molecule has 0 aliphatic carbocycles. The van der Waals surface area contributed by atoms with Gasteiger partial charge in [0.1, 0.15) is 22.1 Å². The summed E-state index contributed by atoms with van der Waals surface area (Å²) in [4.78, 5) is 18.9. The zero-order valence-electron chi connectivity index (χ0n) is 18.5. The fourth-order valence-electron chi connectivity index (χ4n) is 4.60. The van der Waals surface area contributed by atoms with E-state index in [1.165, 1.54) is 11.3 Å². The summed E-state index contributed by atoms with van der Waals surface area (Å²) in [5, 5.41) is 13.8. The summed E-state index contributed by atoms with van der Waals surface area (Å²) >= 11 is 3.24. The van der Waals surface area contributed by atoms with Crippen LogP contribution in [0.4, 0.5) is 5.69 Å². The first-order valence-electron chi connectivity index (χ1n) is 11.3. The van der Waals surface area contributed by atoms with Gasteiger partial charge < -0.3 is 15.8 Å². The van der Waals surface area contributed by atoms with Gasteiger partial charge in [0.25, 0.3) is 5.91 Å². The minimum absolute atomic E-state index is 0.143. The van der Waals surface area contributed by atoms with Crippen LogP contribution in [-0.4, -0.2) is 35.0 Å². The third kappa shape index (κ3) is 4.04. The molecular weight excluding hydrogens is 452 g/mol. The summed E-state index contributed by atoms with van der Waals surface area (Å²) in [6.45, 7) is 2.44. The molecule has 1 aromatic carbocycles. The molecule has 1 unspecified atom stereocenters. The van der Waals surface area contributed by atoms with E-state index >= 15 is 0 Å². The number of ether oxygens (including phenoxy) is 1. The number of hydrogen-bond acceptors (Lipinski definition) is 7. The van der Waals surface area contributed by atoms with E-state index in [2.05, 4.69) is 29.4 Å². The fourth-order valence-corrected chi connectivity index (χ4v) is 6.81. The summed E-state index contributed by atoms with van der Waals surface area (Å²) in [5.74, 6) is 2.65. The summed E-state index contributed by atoms with van der Waals surface area (Å²) < 4.78 is 6.04. The first kappa shape index (κ1) is 22.1. The van der Waals surface area contributed by atoms with E-state index in [-0.39, 0.29) is 11.9 Å². The van der Waals surface area contributed by atoms with Crippen molar-refractivity contribution < 1.29 is 9.53 Å². The molecule has 33 heavy (non-hydrogen) atoms. The molecule has 0 spiro atoms. The molecule has 1 amide bonds. The van der Waals surface area contributed by atoms with Crippen molar-refractivity contribution in [3.05, 3.63) is 52.0 Å². The molecule has 4 heterocycles. The highest BCUT2D eigenvalue weighted by atomic mass is 32.2. The van der Waals surface area contributed by atoms with Crippen molar-refractivity contribution in [1.29, 1.82) is 5.26 Å². The van der Waals surface area contributed by atoms with Crippen LogP contribution in [0.1, 0.15) is 46.3 Å². The number of benzene rings is 1. The van der Waals surface area contributed by atoms with Gasteiger partial charge in [-0.3, -0.25) is 4.79 Å². The van der Waals surface area contributed by atoms with E-state index in [0.717, 1.165) is 63.6 Å². The van der Waals surface area contributed by atoms with Crippen LogP contribution in [0.3, 0.4) is 0 Å². The molecular formula is C25H26N4O2S2. The summed E-state index contributed by atoms with van der Waals surface area (Å²) in [6, 6.07) is 12.5. The van der Waals surface area contributed by atoms with Crippen LogP contribution in [0.15, 0.2) is 30.3 Å². The number of nitrogens with one attached hydrogen (secondary N) is 1. The van der Waals surface area contributed by atoms with Crippen LogP contribution in [0.5, 0.6) is 5.75 Å². The topological polar surface area (TPSA) is 101 Å². The third-order valence-electron chi connectivity index (χ3n) is 6.64. The Morgan fingerprint density at radius 1 is 1.33 bits per heavy atom. The second kappa shape index (κ2) is 8.88. The number of thiophene rings is 1. The molecule has 2 aliphatic rings. The largest absolute Gasteiger partial charge is 0.491 e. The van der Waals surface area contributed by atoms with Gasteiger partial charge in [-0.15, -0.1) is 11.3 Å². The number of nitrogens with zero attached hydrogens (tertiary/aromatic N) is 2. The zero-order chi connectivity index (χ0) is 23.0. The predicted octanol–water partition coefficient (Wildman–Crippen LogP) is 4.46. The number of nitrogen functional groups attached to an aromatic ring is 1. The lowest BCUT2D eigenvalue weighted by Gasteiger charge is -2.32. The number of rotatable bonds is 4. The quantitative estimate of drug-likeness (QED) is 0.574. The molecule has 3 aromatic rings. The van der Waals surface area contributed by atoms with Crippen molar-refractivity contribution in [2.24, 2.45) is 0 Å². The molecule has 8 heteroatoms. The Morgan fingerprint density at radius 3 is 2.91 bits per heavy atom. The van der Waals surface area contributed by atoms with Crippen LogP contribution >= 0.6 is 23.1 Å². The second-order valence-corrected chi connectivity index (χ2v) is 10.9. The molecule has 5 rings (SSSR count). The Hall–Kier alpha value is -2.76. The molecule has 6 nitrogen and oxygen atoms in total. The Bertz CT molecular complexity index is 1260. The maximum atomic E-state index is 13.0. The van der Waals surface area contributed by atoms with E-state index in [9.17, 15) is 10.1 Å². The van der Waals surface area contributed by atoms with Gasteiger partial charge in [-0.05, 0) is 66.5 Å². The van der Waals surface area contributed by atoms with Gasteiger partial charge in [-0.2, -0.15) is 17.0 Å². The predicted molar refractivity (Wildman–Crippen MR) is 134 cm³/mol. The van der Waals surface area contributed by atoms with Gasteiger partial charge in [0.2, 0.25) is 0 Å². The maximum Gasteiger partial charge on any atom is 0.263 e. The van der Waals surface area contributed by atoms with E-state index < -0.39 is 5.41 Å². The van der Waals surface area contributed by atoms with Crippen molar-refractivity contribution in [1.82, 2.24) is 10.3 Å². The highest BCUT2D eigenvalue weighted by molar-refractivity contribution is 7.99. The molecule has 1 saturated heterocycles. The number of pyridine rings is 1. The van der Waals surface area contributed by atoms with Crippen molar-refractivity contribution in [3.8, 4) is 11.8 Å². The van der Waals surface area contributed by atoms with E-state index in [4.69, 9.17) is 10.5 Å². The lowest BCUT2D eigenvalue weighted by Crippen LogP contribution is -2.42.